The molecule has 0 aromatic carbocycles. The molecule has 0 N–H and O–H groups in total. The van der Waals surface area contributed by atoms with Gasteiger partial charge >= 0.3 is 0 Å². The quantitative estimate of drug-likeness (QED) is 0.378. The zero-order valence-electron chi connectivity index (χ0n) is 14.3. The van der Waals surface area contributed by atoms with Gasteiger partial charge in [0.15, 0.2) is 0 Å². The van der Waals surface area contributed by atoms with Crippen molar-refractivity contribution in [3.63, 3.8) is 0 Å². The van der Waals surface area contributed by atoms with Gasteiger partial charge in [0.2, 0.25) is 0 Å². The van der Waals surface area contributed by atoms with E-state index < -0.39 is 0 Å². The lowest BCUT2D eigenvalue weighted by Crippen LogP contribution is -2.27. The van der Waals surface area contributed by atoms with Crippen molar-refractivity contribution in [3.8, 4) is 0 Å². The van der Waals surface area contributed by atoms with E-state index in [9.17, 15) is 0 Å². The van der Waals surface area contributed by atoms with E-state index in [1.165, 1.54) is 44.9 Å². The summed E-state index contributed by atoms with van der Waals surface area (Å²) in [5.74, 6) is 3.41. The van der Waals surface area contributed by atoms with E-state index in [1.807, 2.05) is 0 Å². The molecule has 20 heavy (non-hydrogen) atoms. The Morgan fingerprint density at radius 3 is 2.45 bits per heavy atom. The molecule has 0 saturated heterocycles. The number of fused-ring (bicyclic) bond motifs is 1. The minimum Gasteiger partial charge on any atom is -0.0853 e. The molecular formula is C20H33+. The van der Waals surface area contributed by atoms with Crippen molar-refractivity contribution in [3.05, 3.63) is 29.2 Å². The van der Waals surface area contributed by atoms with Crippen molar-refractivity contribution in [1.29, 1.82) is 0 Å². The Labute approximate surface area is 126 Å². The Hall–Kier alpha value is -0.650. The molecule has 0 heteroatoms. The third-order valence-electron chi connectivity index (χ3n) is 5.95. The van der Waals surface area contributed by atoms with Crippen LogP contribution in [0.1, 0.15) is 79.6 Å². The van der Waals surface area contributed by atoms with Crippen LogP contribution in [0.25, 0.3) is 0 Å². The molecule has 1 fully saturated rings. The summed E-state index contributed by atoms with van der Waals surface area (Å²) in [6, 6.07) is 0. The lowest BCUT2D eigenvalue weighted by atomic mass is 9.70. The van der Waals surface area contributed by atoms with Gasteiger partial charge in [-0.25, -0.2) is 0 Å². The van der Waals surface area contributed by atoms with Crippen LogP contribution in [0.5, 0.6) is 0 Å². The number of allylic oxidation sites excluding steroid dienone is 4. The van der Waals surface area contributed by atoms with E-state index in [0.29, 0.717) is 5.41 Å². The molecule has 112 valence electrons. The van der Waals surface area contributed by atoms with Crippen LogP contribution in [0.2, 0.25) is 0 Å². The van der Waals surface area contributed by atoms with Gasteiger partial charge in [0.25, 0.3) is 0 Å². The first-order valence-corrected chi connectivity index (χ1v) is 8.54. The number of rotatable bonds is 1. The maximum Gasteiger partial charge on any atom is 0.103 e. The topological polar surface area (TPSA) is 0 Å². The van der Waals surface area contributed by atoms with Crippen LogP contribution in [0.15, 0.2) is 23.3 Å². The third-order valence-corrected chi connectivity index (χ3v) is 5.95. The van der Waals surface area contributed by atoms with E-state index in [-0.39, 0.29) is 0 Å². The van der Waals surface area contributed by atoms with Crippen LogP contribution in [-0.4, -0.2) is 0 Å². The predicted molar refractivity (Wildman–Crippen MR) is 89.5 cm³/mol. The standard InChI is InChI=1S/C20H33/c1-15(2)18-12-14-20(5)13-11-17(4)8-6-7-16(3)9-10-19(18)20/h7,11,18-19H,6,8-10,12-14H2,1-5H3/q+1/b16-7+,17-11+/t18-,19-,20-/m0/s1. The van der Waals surface area contributed by atoms with Crippen LogP contribution < -0.4 is 0 Å². The smallest absolute Gasteiger partial charge is 0.0853 e. The minimum absolute atomic E-state index is 0.536. The summed E-state index contributed by atoms with van der Waals surface area (Å²) in [6.45, 7) is 11.9. The largest absolute Gasteiger partial charge is 0.103 e. The van der Waals surface area contributed by atoms with Gasteiger partial charge in [-0.05, 0) is 64.2 Å². The van der Waals surface area contributed by atoms with Crippen LogP contribution in [0, 0.1) is 23.2 Å². The minimum atomic E-state index is 0.536. The Morgan fingerprint density at radius 1 is 1.05 bits per heavy atom. The fraction of sp³-hybridized carbons (Fsp3) is 0.750. The SMILES string of the molecule is C/C1=C\C[C@@]2(C)CC[C@@H]([C+](C)C)[C@@H]2CC/C(C)=C/CC1. The van der Waals surface area contributed by atoms with E-state index in [0.717, 1.165) is 11.8 Å². The Bertz CT molecular complexity index is 385. The van der Waals surface area contributed by atoms with Gasteiger partial charge in [0.05, 0.1) is 19.8 Å². The van der Waals surface area contributed by atoms with Crippen LogP contribution in [0.4, 0.5) is 0 Å². The fourth-order valence-electron chi connectivity index (χ4n) is 4.39. The fourth-order valence-corrected chi connectivity index (χ4v) is 4.39. The number of hydrogen-bond acceptors (Lipinski definition) is 0. The van der Waals surface area contributed by atoms with E-state index in [1.54, 1.807) is 17.1 Å². The first-order chi connectivity index (χ1) is 9.42. The van der Waals surface area contributed by atoms with Gasteiger partial charge in [0, 0.05) is 5.92 Å². The molecule has 0 bridgehead atoms. The molecule has 1 saturated carbocycles. The zero-order valence-corrected chi connectivity index (χ0v) is 14.3. The second kappa shape index (κ2) is 6.41. The highest BCUT2D eigenvalue weighted by Crippen LogP contribution is 2.54. The molecular weight excluding hydrogens is 240 g/mol. The van der Waals surface area contributed by atoms with Gasteiger partial charge in [-0.1, -0.05) is 30.2 Å². The Morgan fingerprint density at radius 2 is 1.75 bits per heavy atom. The molecule has 0 radical (unpaired) electrons. The maximum atomic E-state index is 2.56. The van der Waals surface area contributed by atoms with Crippen molar-refractivity contribution < 1.29 is 0 Å². The molecule has 0 unspecified atom stereocenters. The zero-order chi connectivity index (χ0) is 14.8. The molecule has 0 amide bonds. The van der Waals surface area contributed by atoms with Gasteiger partial charge in [0.1, 0.15) is 5.92 Å². The van der Waals surface area contributed by atoms with E-state index in [4.69, 9.17) is 0 Å². The van der Waals surface area contributed by atoms with Gasteiger partial charge < -0.3 is 0 Å². The van der Waals surface area contributed by atoms with Gasteiger partial charge in [-0.2, -0.15) is 0 Å². The molecule has 0 aromatic rings. The van der Waals surface area contributed by atoms with Crippen molar-refractivity contribution in [2.24, 2.45) is 17.3 Å². The molecule has 2 rings (SSSR count). The van der Waals surface area contributed by atoms with E-state index in [2.05, 4.69) is 46.8 Å². The Balaban J connectivity index is 2.24. The monoisotopic (exact) mass is 273 g/mol. The number of hydrogen-bond donors (Lipinski definition) is 0. The summed E-state index contributed by atoms with van der Waals surface area (Å²) in [5.41, 5.74) is 3.74. The summed E-state index contributed by atoms with van der Waals surface area (Å²) in [6.07, 6.45) is 14.3. The Kier molecular flexibility index (Phi) is 5.04. The van der Waals surface area contributed by atoms with Crippen molar-refractivity contribution >= 4 is 0 Å². The lowest BCUT2D eigenvalue weighted by Gasteiger charge is -2.32. The van der Waals surface area contributed by atoms with Crippen molar-refractivity contribution in [1.82, 2.24) is 0 Å². The molecule has 0 nitrogen and oxygen atoms in total. The molecule has 0 spiro atoms. The summed E-state index contributed by atoms with van der Waals surface area (Å²) < 4.78 is 0. The second-order valence-corrected chi connectivity index (χ2v) is 7.87. The third kappa shape index (κ3) is 3.51. The van der Waals surface area contributed by atoms with Crippen molar-refractivity contribution in [2.45, 2.75) is 79.6 Å². The molecule has 2 aliphatic rings. The van der Waals surface area contributed by atoms with Crippen LogP contribution >= 0.6 is 0 Å². The summed E-state index contributed by atoms with van der Waals surface area (Å²) in [4.78, 5) is 0. The molecule has 2 aliphatic carbocycles. The average Bonchev–Trinajstić information content (AvgIpc) is 2.70. The predicted octanol–water partition coefficient (Wildman–Crippen LogP) is 6.49. The lowest BCUT2D eigenvalue weighted by molar-refractivity contribution is 0.187. The second-order valence-electron chi connectivity index (χ2n) is 7.87. The first-order valence-electron chi connectivity index (χ1n) is 8.54. The average molecular weight is 273 g/mol. The highest BCUT2D eigenvalue weighted by Gasteiger charge is 2.49. The van der Waals surface area contributed by atoms with Gasteiger partial charge in [-0.15, -0.1) is 0 Å². The van der Waals surface area contributed by atoms with Gasteiger partial charge in [-0.3, -0.25) is 0 Å². The van der Waals surface area contributed by atoms with Crippen LogP contribution in [0.3, 0.4) is 0 Å². The maximum absolute atomic E-state index is 2.56. The summed E-state index contributed by atoms with van der Waals surface area (Å²) >= 11 is 0. The normalized spacial score (nSPS) is 40.9. The summed E-state index contributed by atoms with van der Waals surface area (Å²) in [5, 5.41) is 0. The molecule has 3 atom stereocenters. The van der Waals surface area contributed by atoms with Crippen molar-refractivity contribution in [2.75, 3.05) is 0 Å². The van der Waals surface area contributed by atoms with Crippen LogP contribution in [-0.2, 0) is 0 Å². The molecule has 0 aliphatic heterocycles. The summed E-state index contributed by atoms with van der Waals surface area (Å²) in [7, 11) is 0. The molecule has 0 heterocycles. The highest BCUT2D eigenvalue weighted by molar-refractivity contribution is 5.11. The first kappa shape index (κ1) is 15.7. The van der Waals surface area contributed by atoms with E-state index >= 15 is 0 Å². The highest BCUT2D eigenvalue weighted by atomic mass is 14.5. The molecule has 0 aromatic heterocycles.